The van der Waals surface area contributed by atoms with Gasteiger partial charge in [0.15, 0.2) is 5.65 Å². The van der Waals surface area contributed by atoms with E-state index in [0.29, 0.717) is 11.5 Å². The molecule has 2 aromatic heterocycles. The number of carbonyl (C=O) groups is 1. The van der Waals surface area contributed by atoms with Gasteiger partial charge in [0.05, 0.1) is 0 Å². The smallest absolute Gasteiger partial charge is 0.310 e. The standard InChI is InChI=1S/C13H16N4O2/c1-7(2)9-5-10(16-12(18)8-3-4-8)15-11-6-14-13(19)17(9)11/h5-8H,3-4H2,1-2H3,(H,14,19)(H,15,16,18). The number of aromatic amines is 1. The van der Waals surface area contributed by atoms with Gasteiger partial charge in [-0.1, -0.05) is 13.8 Å². The molecule has 100 valence electrons. The van der Waals surface area contributed by atoms with E-state index in [4.69, 9.17) is 0 Å². The highest BCUT2D eigenvalue weighted by Crippen LogP contribution is 2.30. The Hall–Kier alpha value is -2.11. The van der Waals surface area contributed by atoms with Crippen molar-refractivity contribution in [3.05, 3.63) is 28.4 Å². The van der Waals surface area contributed by atoms with Gasteiger partial charge in [-0.3, -0.25) is 4.79 Å². The van der Waals surface area contributed by atoms with Crippen LogP contribution in [0.15, 0.2) is 17.1 Å². The highest BCUT2D eigenvalue weighted by molar-refractivity contribution is 5.93. The Labute approximate surface area is 109 Å². The van der Waals surface area contributed by atoms with E-state index in [1.54, 1.807) is 12.3 Å². The van der Waals surface area contributed by atoms with Gasteiger partial charge in [-0.05, 0) is 18.8 Å². The third-order valence-electron chi connectivity index (χ3n) is 3.33. The summed E-state index contributed by atoms with van der Waals surface area (Å²) >= 11 is 0. The average molecular weight is 260 g/mol. The van der Waals surface area contributed by atoms with E-state index in [0.717, 1.165) is 18.5 Å². The number of hydrogen-bond acceptors (Lipinski definition) is 3. The zero-order valence-electron chi connectivity index (χ0n) is 10.9. The summed E-state index contributed by atoms with van der Waals surface area (Å²) in [6, 6.07) is 1.77. The van der Waals surface area contributed by atoms with E-state index in [9.17, 15) is 9.59 Å². The van der Waals surface area contributed by atoms with Crippen molar-refractivity contribution in [1.29, 1.82) is 0 Å². The number of carbonyl (C=O) groups excluding carboxylic acids is 1. The normalized spacial score (nSPS) is 15.1. The van der Waals surface area contributed by atoms with Gasteiger partial charge in [0.1, 0.15) is 5.82 Å². The Bertz CT molecular complexity index is 694. The number of hydrogen-bond donors (Lipinski definition) is 2. The van der Waals surface area contributed by atoms with Gasteiger partial charge in [-0.2, -0.15) is 0 Å². The lowest BCUT2D eigenvalue weighted by Gasteiger charge is -2.11. The monoisotopic (exact) mass is 260 g/mol. The maximum atomic E-state index is 11.8. The van der Waals surface area contributed by atoms with Crippen LogP contribution in [-0.4, -0.2) is 20.3 Å². The molecule has 19 heavy (non-hydrogen) atoms. The first-order chi connectivity index (χ1) is 9.06. The molecule has 6 nitrogen and oxygen atoms in total. The van der Waals surface area contributed by atoms with E-state index in [1.165, 1.54) is 4.40 Å². The largest absolute Gasteiger partial charge is 0.331 e. The Morgan fingerprint density at radius 1 is 1.53 bits per heavy atom. The Morgan fingerprint density at radius 2 is 2.26 bits per heavy atom. The van der Waals surface area contributed by atoms with Crippen LogP contribution in [0, 0.1) is 5.92 Å². The van der Waals surface area contributed by atoms with Gasteiger partial charge >= 0.3 is 5.69 Å². The van der Waals surface area contributed by atoms with Crippen molar-refractivity contribution in [2.45, 2.75) is 32.6 Å². The molecule has 1 fully saturated rings. The average Bonchev–Trinajstić information content (AvgIpc) is 3.14. The van der Waals surface area contributed by atoms with E-state index in [-0.39, 0.29) is 23.4 Å². The lowest BCUT2D eigenvalue weighted by molar-refractivity contribution is -0.117. The number of imidazole rings is 1. The van der Waals surface area contributed by atoms with Crippen molar-refractivity contribution in [3.8, 4) is 0 Å². The predicted molar refractivity (Wildman–Crippen MR) is 71.3 cm³/mol. The molecule has 1 amide bonds. The van der Waals surface area contributed by atoms with Crippen molar-refractivity contribution >= 4 is 17.4 Å². The fourth-order valence-electron chi connectivity index (χ4n) is 2.11. The highest BCUT2D eigenvalue weighted by atomic mass is 16.2. The summed E-state index contributed by atoms with van der Waals surface area (Å²) in [4.78, 5) is 30.4. The zero-order chi connectivity index (χ0) is 13.6. The molecular weight excluding hydrogens is 244 g/mol. The lowest BCUT2D eigenvalue weighted by atomic mass is 10.1. The van der Waals surface area contributed by atoms with Crippen molar-refractivity contribution in [1.82, 2.24) is 14.4 Å². The highest BCUT2D eigenvalue weighted by Gasteiger charge is 2.30. The second-order valence-electron chi connectivity index (χ2n) is 5.27. The van der Waals surface area contributed by atoms with Crippen molar-refractivity contribution in [3.63, 3.8) is 0 Å². The number of nitrogens with one attached hydrogen (secondary N) is 2. The van der Waals surface area contributed by atoms with Crippen LogP contribution < -0.4 is 11.0 Å². The summed E-state index contributed by atoms with van der Waals surface area (Å²) in [6.07, 6.45) is 3.46. The maximum Gasteiger partial charge on any atom is 0.331 e. The third kappa shape index (κ3) is 2.14. The molecule has 3 rings (SSSR count). The van der Waals surface area contributed by atoms with Gasteiger partial charge in [-0.25, -0.2) is 14.2 Å². The van der Waals surface area contributed by atoms with Gasteiger partial charge in [0.2, 0.25) is 5.91 Å². The number of nitrogens with zero attached hydrogens (tertiary/aromatic N) is 2. The first-order valence-corrected chi connectivity index (χ1v) is 6.48. The molecule has 0 saturated heterocycles. The number of rotatable bonds is 3. The fraction of sp³-hybridized carbons (Fsp3) is 0.462. The Morgan fingerprint density at radius 3 is 2.89 bits per heavy atom. The van der Waals surface area contributed by atoms with E-state index in [1.807, 2.05) is 13.8 Å². The van der Waals surface area contributed by atoms with Crippen LogP contribution >= 0.6 is 0 Å². The second kappa shape index (κ2) is 4.22. The Kier molecular flexibility index (Phi) is 2.66. The van der Waals surface area contributed by atoms with Crippen molar-refractivity contribution in [2.75, 3.05) is 5.32 Å². The van der Waals surface area contributed by atoms with E-state index >= 15 is 0 Å². The van der Waals surface area contributed by atoms with Crippen LogP contribution in [0.3, 0.4) is 0 Å². The quantitative estimate of drug-likeness (QED) is 0.877. The summed E-state index contributed by atoms with van der Waals surface area (Å²) in [5, 5.41) is 2.82. The van der Waals surface area contributed by atoms with Crippen molar-refractivity contribution < 1.29 is 4.79 Å². The number of fused-ring (bicyclic) bond motifs is 1. The van der Waals surface area contributed by atoms with Gasteiger partial charge in [0, 0.05) is 23.9 Å². The van der Waals surface area contributed by atoms with Gasteiger partial charge < -0.3 is 10.3 Å². The van der Waals surface area contributed by atoms with Crippen LogP contribution in [0.2, 0.25) is 0 Å². The number of amides is 1. The molecule has 0 aromatic carbocycles. The first kappa shape index (κ1) is 12.0. The fourth-order valence-corrected chi connectivity index (χ4v) is 2.11. The predicted octanol–water partition coefficient (Wildman–Crippen LogP) is 1.49. The van der Waals surface area contributed by atoms with Crippen LogP contribution in [0.5, 0.6) is 0 Å². The molecule has 1 aliphatic carbocycles. The minimum Gasteiger partial charge on any atom is -0.310 e. The summed E-state index contributed by atoms with van der Waals surface area (Å²) < 4.78 is 1.54. The summed E-state index contributed by atoms with van der Waals surface area (Å²) in [6.45, 7) is 4.00. The molecule has 1 aliphatic rings. The molecule has 0 aliphatic heterocycles. The molecule has 0 spiro atoms. The van der Waals surface area contributed by atoms with Crippen molar-refractivity contribution in [2.24, 2.45) is 5.92 Å². The second-order valence-corrected chi connectivity index (χ2v) is 5.27. The van der Waals surface area contributed by atoms with Crippen LogP contribution in [-0.2, 0) is 4.79 Å². The number of H-pyrrole nitrogens is 1. The molecule has 0 atom stereocenters. The number of aromatic nitrogens is 3. The Balaban J connectivity index is 2.06. The first-order valence-electron chi connectivity index (χ1n) is 6.48. The minimum atomic E-state index is -0.203. The molecule has 0 bridgehead atoms. The summed E-state index contributed by atoms with van der Waals surface area (Å²) in [7, 11) is 0. The molecule has 6 heteroatoms. The molecular formula is C13H16N4O2. The van der Waals surface area contributed by atoms with E-state index in [2.05, 4.69) is 15.3 Å². The molecule has 2 aromatic rings. The molecule has 0 radical (unpaired) electrons. The van der Waals surface area contributed by atoms with Crippen LogP contribution in [0.25, 0.3) is 5.65 Å². The van der Waals surface area contributed by atoms with Gasteiger partial charge in [0.25, 0.3) is 0 Å². The topological polar surface area (TPSA) is 79.3 Å². The third-order valence-corrected chi connectivity index (χ3v) is 3.33. The molecule has 0 unspecified atom stereocenters. The molecule has 2 N–H and O–H groups in total. The van der Waals surface area contributed by atoms with Crippen LogP contribution in [0.1, 0.15) is 38.3 Å². The summed E-state index contributed by atoms with van der Waals surface area (Å²) in [5.74, 6) is 0.827. The molecule has 1 saturated carbocycles. The maximum absolute atomic E-state index is 11.8. The zero-order valence-corrected chi connectivity index (χ0v) is 10.9. The SMILES string of the molecule is CC(C)c1cc(NC(=O)C2CC2)nc2c[nH]c(=O)n12. The lowest BCUT2D eigenvalue weighted by Crippen LogP contribution is -2.18. The number of anilines is 1. The van der Waals surface area contributed by atoms with Gasteiger partial charge in [-0.15, -0.1) is 0 Å². The summed E-state index contributed by atoms with van der Waals surface area (Å²) in [5.41, 5.74) is 1.16. The minimum absolute atomic E-state index is 0.0180. The van der Waals surface area contributed by atoms with E-state index < -0.39 is 0 Å². The van der Waals surface area contributed by atoms with Crippen LogP contribution in [0.4, 0.5) is 5.82 Å². The molecule has 2 heterocycles.